The first-order valence-electron chi connectivity index (χ1n) is 6.40. The number of carbonyl (C=O) groups is 3. The molecule has 20 heavy (non-hydrogen) atoms. The van der Waals surface area contributed by atoms with Crippen LogP contribution in [-0.4, -0.2) is 30.3 Å². The van der Waals surface area contributed by atoms with E-state index in [-0.39, 0.29) is 17.7 Å². The van der Waals surface area contributed by atoms with E-state index in [4.69, 9.17) is 0 Å². The minimum absolute atomic E-state index is 0.210. The number of rotatable bonds is 5. The summed E-state index contributed by atoms with van der Waals surface area (Å²) >= 11 is 0. The van der Waals surface area contributed by atoms with Crippen LogP contribution in [0.5, 0.6) is 0 Å². The van der Waals surface area contributed by atoms with Crippen molar-refractivity contribution in [1.82, 2.24) is 10.6 Å². The molecule has 3 N–H and O–H groups in total. The minimum Gasteiger partial charge on any atom is -0.355 e. The van der Waals surface area contributed by atoms with Gasteiger partial charge in [0.15, 0.2) is 0 Å². The van der Waals surface area contributed by atoms with Crippen LogP contribution in [0.1, 0.15) is 31.1 Å². The van der Waals surface area contributed by atoms with E-state index >= 15 is 0 Å². The van der Waals surface area contributed by atoms with Gasteiger partial charge >= 0.3 is 0 Å². The van der Waals surface area contributed by atoms with Crippen molar-refractivity contribution in [2.75, 3.05) is 11.9 Å². The summed E-state index contributed by atoms with van der Waals surface area (Å²) in [7, 11) is 0. The average Bonchev–Trinajstić information content (AvgIpc) is 2.38. The molecule has 108 valence electrons. The maximum atomic E-state index is 12.0. The van der Waals surface area contributed by atoms with Crippen LogP contribution < -0.4 is 16.0 Å². The summed E-state index contributed by atoms with van der Waals surface area (Å²) in [5.74, 6) is -0.812. The van der Waals surface area contributed by atoms with E-state index in [1.807, 2.05) is 6.92 Å². The summed E-state index contributed by atoms with van der Waals surface area (Å²) in [6.07, 6.45) is 0. The Bertz CT molecular complexity index is 514. The molecule has 6 nitrogen and oxygen atoms in total. The summed E-state index contributed by atoms with van der Waals surface area (Å²) < 4.78 is 0. The molecule has 1 atom stereocenters. The Hall–Kier alpha value is -2.37. The maximum Gasteiger partial charge on any atom is 0.251 e. The fourth-order valence-corrected chi connectivity index (χ4v) is 1.61. The number of carbonyl (C=O) groups excluding carboxylic acids is 3. The average molecular weight is 277 g/mol. The van der Waals surface area contributed by atoms with Crippen LogP contribution in [0, 0.1) is 0 Å². The van der Waals surface area contributed by atoms with Gasteiger partial charge in [-0.1, -0.05) is 6.07 Å². The van der Waals surface area contributed by atoms with Gasteiger partial charge in [0.25, 0.3) is 5.91 Å². The Balaban J connectivity index is 2.72. The molecule has 0 aliphatic rings. The number of anilines is 1. The molecule has 1 aromatic carbocycles. The Kier molecular flexibility index (Phi) is 5.71. The second kappa shape index (κ2) is 7.28. The molecule has 1 aromatic rings. The first-order chi connectivity index (χ1) is 9.43. The van der Waals surface area contributed by atoms with Gasteiger partial charge in [-0.25, -0.2) is 0 Å². The predicted molar refractivity (Wildman–Crippen MR) is 76.4 cm³/mol. The standard InChI is InChI=1S/C14H19N3O3/c1-4-15-13(19)9(2)16-14(20)11-6-5-7-12(8-11)17-10(3)18/h5-9H,4H2,1-3H3,(H,15,19)(H,16,20)(H,17,18). The lowest BCUT2D eigenvalue weighted by molar-refractivity contribution is -0.122. The van der Waals surface area contributed by atoms with Gasteiger partial charge in [0, 0.05) is 24.7 Å². The summed E-state index contributed by atoms with van der Waals surface area (Å²) in [5, 5.41) is 7.82. The third-order valence-corrected chi connectivity index (χ3v) is 2.54. The molecule has 1 unspecified atom stereocenters. The summed E-state index contributed by atoms with van der Waals surface area (Å²) in [6.45, 7) is 5.32. The predicted octanol–water partition coefficient (Wildman–Crippen LogP) is 0.899. The van der Waals surface area contributed by atoms with Crippen molar-refractivity contribution in [2.45, 2.75) is 26.8 Å². The SMILES string of the molecule is CCNC(=O)C(C)NC(=O)c1cccc(NC(C)=O)c1. The van der Waals surface area contributed by atoms with Crippen LogP contribution >= 0.6 is 0 Å². The van der Waals surface area contributed by atoms with Gasteiger partial charge in [0.05, 0.1) is 0 Å². The lowest BCUT2D eigenvalue weighted by Gasteiger charge is -2.13. The normalized spacial score (nSPS) is 11.3. The van der Waals surface area contributed by atoms with E-state index in [0.717, 1.165) is 0 Å². The molecule has 0 fully saturated rings. The molecule has 6 heteroatoms. The van der Waals surface area contributed by atoms with Crippen molar-refractivity contribution in [3.8, 4) is 0 Å². The van der Waals surface area contributed by atoms with Gasteiger partial charge in [-0.15, -0.1) is 0 Å². The number of hydrogen-bond donors (Lipinski definition) is 3. The third-order valence-electron chi connectivity index (χ3n) is 2.54. The molecular formula is C14H19N3O3. The lowest BCUT2D eigenvalue weighted by Crippen LogP contribution is -2.44. The Morgan fingerprint density at radius 2 is 1.95 bits per heavy atom. The number of likely N-dealkylation sites (N-methyl/N-ethyl adjacent to an activating group) is 1. The molecule has 0 saturated carbocycles. The van der Waals surface area contributed by atoms with Crippen LogP contribution in [-0.2, 0) is 9.59 Å². The summed E-state index contributed by atoms with van der Waals surface area (Å²) in [6, 6.07) is 5.90. The van der Waals surface area contributed by atoms with Crippen molar-refractivity contribution < 1.29 is 14.4 Å². The molecule has 0 bridgehead atoms. The lowest BCUT2D eigenvalue weighted by atomic mass is 10.1. The smallest absolute Gasteiger partial charge is 0.251 e. The molecule has 0 aliphatic heterocycles. The second-order valence-corrected chi connectivity index (χ2v) is 4.35. The second-order valence-electron chi connectivity index (χ2n) is 4.35. The van der Waals surface area contributed by atoms with Crippen LogP contribution in [0.2, 0.25) is 0 Å². The fourth-order valence-electron chi connectivity index (χ4n) is 1.61. The van der Waals surface area contributed by atoms with Gasteiger partial charge in [-0.05, 0) is 32.0 Å². The van der Waals surface area contributed by atoms with E-state index in [1.165, 1.54) is 6.92 Å². The Morgan fingerprint density at radius 1 is 1.25 bits per heavy atom. The number of nitrogens with one attached hydrogen (secondary N) is 3. The van der Waals surface area contributed by atoms with Crippen molar-refractivity contribution >= 4 is 23.4 Å². The zero-order valence-corrected chi connectivity index (χ0v) is 11.8. The fraction of sp³-hybridized carbons (Fsp3) is 0.357. The van der Waals surface area contributed by atoms with Crippen LogP contribution in [0.25, 0.3) is 0 Å². The van der Waals surface area contributed by atoms with Gasteiger partial charge in [0.2, 0.25) is 11.8 Å². The van der Waals surface area contributed by atoms with Crippen LogP contribution in [0.3, 0.4) is 0 Å². The van der Waals surface area contributed by atoms with E-state index in [1.54, 1.807) is 31.2 Å². The molecule has 0 aromatic heterocycles. The first kappa shape index (κ1) is 15.7. The van der Waals surface area contributed by atoms with E-state index < -0.39 is 6.04 Å². The number of hydrogen-bond acceptors (Lipinski definition) is 3. The van der Waals surface area contributed by atoms with E-state index in [2.05, 4.69) is 16.0 Å². The highest BCUT2D eigenvalue weighted by atomic mass is 16.2. The molecule has 0 radical (unpaired) electrons. The quantitative estimate of drug-likeness (QED) is 0.747. The van der Waals surface area contributed by atoms with Crippen LogP contribution in [0.15, 0.2) is 24.3 Å². The molecule has 0 aliphatic carbocycles. The van der Waals surface area contributed by atoms with Crippen molar-refractivity contribution in [2.24, 2.45) is 0 Å². The first-order valence-corrected chi connectivity index (χ1v) is 6.40. The maximum absolute atomic E-state index is 12.0. The highest BCUT2D eigenvalue weighted by molar-refractivity contribution is 5.99. The largest absolute Gasteiger partial charge is 0.355 e. The Labute approximate surface area is 117 Å². The molecule has 1 rings (SSSR count). The molecule has 3 amide bonds. The van der Waals surface area contributed by atoms with E-state index in [9.17, 15) is 14.4 Å². The Morgan fingerprint density at radius 3 is 2.55 bits per heavy atom. The number of benzene rings is 1. The molecule has 0 spiro atoms. The highest BCUT2D eigenvalue weighted by Crippen LogP contribution is 2.10. The summed E-state index contributed by atoms with van der Waals surface area (Å²) in [4.78, 5) is 34.5. The van der Waals surface area contributed by atoms with Crippen LogP contribution in [0.4, 0.5) is 5.69 Å². The van der Waals surface area contributed by atoms with Gasteiger partial charge in [-0.3, -0.25) is 14.4 Å². The number of amides is 3. The van der Waals surface area contributed by atoms with Gasteiger partial charge < -0.3 is 16.0 Å². The third kappa shape index (κ3) is 4.72. The van der Waals surface area contributed by atoms with Crippen molar-refractivity contribution in [3.05, 3.63) is 29.8 Å². The highest BCUT2D eigenvalue weighted by Gasteiger charge is 2.15. The topological polar surface area (TPSA) is 87.3 Å². The van der Waals surface area contributed by atoms with Crippen molar-refractivity contribution in [3.63, 3.8) is 0 Å². The zero-order chi connectivity index (χ0) is 15.1. The van der Waals surface area contributed by atoms with Gasteiger partial charge in [0.1, 0.15) is 6.04 Å². The minimum atomic E-state index is -0.619. The zero-order valence-electron chi connectivity index (χ0n) is 11.8. The summed E-state index contributed by atoms with van der Waals surface area (Å²) in [5.41, 5.74) is 0.920. The molecular weight excluding hydrogens is 258 g/mol. The van der Waals surface area contributed by atoms with Crippen molar-refractivity contribution in [1.29, 1.82) is 0 Å². The van der Waals surface area contributed by atoms with Gasteiger partial charge in [-0.2, -0.15) is 0 Å². The van der Waals surface area contributed by atoms with E-state index in [0.29, 0.717) is 17.8 Å². The molecule has 0 heterocycles. The molecule has 0 saturated heterocycles. The monoisotopic (exact) mass is 277 g/mol.